The van der Waals surface area contributed by atoms with Gasteiger partial charge in [-0.2, -0.15) is 0 Å². The molecule has 0 spiro atoms. The molecule has 0 aliphatic rings. The molecule has 5 heteroatoms. The van der Waals surface area contributed by atoms with Crippen LogP contribution in [0.2, 0.25) is 0 Å². The maximum absolute atomic E-state index is 11.3. The van der Waals surface area contributed by atoms with E-state index in [1.165, 1.54) is 11.6 Å². The lowest BCUT2D eigenvalue weighted by Crippen LogP contribution is -2.04. The largest absolute Gasteiger partial charge is 0.383 e. The second-order valence-electron chi connectivity index (χ2n) is 3.45. The zero-order valence-corrected chi connectivity index (χ0v) is 8.84. The van der Waals surface area contributed by atoms with Gasteiger partial charge in [0.05, 0.1) is 5.69 Å². The molecule has 0 aliphatic carbocycles. The van der Waals surface area contributed by atoms with E-state index in [1.807, 2.05) is 30.3 Å². The van der Waals surface area contributed by atoms with Crippen molar-refractivity contribution in [1.29, 1.82) is 0 Å². The number of hydrogen-bond acceptors (Lipinski definition) is 4. The van der Waals surface area contributed by atoms with Crippen LogP contribution in [-0.4, -0.2) is 15.6 Å². The van der Waals surface area contributed by atoms with Gasteiger partial charge in [0.2, 0.25) is 0 Å². The molecule has 0 atom stereocenters. The SMILES string of the molecule is CC(=O)c1c(N)nn(-c2ccccc2)c1N. The molecule has 4 N–H and O–H groups in total. The highest BCUT2D eigenvalue weighted by molar-refractivity contribution is 6.02. The second-order valence-corrected chi connectivity index (χ2v) is 3.45. The quantitative estimate of drug-likeness (QED) is 0.739. The van der Waals surface area contributed by atoms with Crippen LogP contribution in [0.15, 0.2) is 30.3 Å². The van der Waals surface area contributed by atoms with Crippen molar-refractivity contribution in [2.24, 2.45) is 0 Å². The van der Waals surface area contributed by atoms with Crippen LogP contribution in [0, 0.1) is 0 Å². The van der Waals surface area contributed by atoms with Crippen LogP contribution < -0.4 is 11.5 Å². The molecule has 16 heavy (non-hydrogen) atoms. The lowest BCUT2D eigenvalue weighted by molar-refractivity contribution is 0.101. The normalized spacial score (nSPS) is 10.3. The average Bonchev–Trinajstić information content (AvgIpc) is 2.55. The van der Waals surface area contributed by atoms with Gasteiger partial charge in [-0.15, -0.1) is 5.10 Å². The number of carbonyl (C=O) groups is 1. The zero-order chi connectivity index (χ0) is 11.7. The summed E-state index contributed by atoms with van der Waals surface area (Å²) in [4.78, 5) is 11.3. The number of aromatic nitrogens is 2. The minimum absolute atomic E-state index is 0.161. The van der Waals surface area contributed by atoms with Crippen LogP contribution in [0.1, 0.15) is 17.3 Å². The molecule has 1 aromatic carbocycles. The monoisotopic (exact) mass is 216 g/mol. The third-order valence-corrected chi connectivity index (χ3v) is 2.30. The summed E-state index contributed by atoms with van der Waals surface area (Å²) in [6, 6.07) is 9.29. The van der Waals surface area contributed by atoms with Crippen molar-refractivity contribution in [2.45, 2.75) is 6.92 Å². The van der Waals surface area contributed by atoms with Crippen LogP contribution in [0.25, 0.3) is 5.69 Å². The van der Waals surface area contributed by atoms with E-state index in [4.69, 9.17) is 11.5 Å². The van der Waals surface area contributed by atoms with Gasteiger partial charge in [-0.1, -0.05) is 18.2 Å². The van der Waals surface area contributed by atoms with Crippen molar-refractivity contribution in [3.63, 3.8) is 0 Å². The molecule has 0 saturated carbocycles. The van der Waals surface area contributed by atoms with Gasteiger partial charge in [0.1, 0.15) is 11.4 Å². The Balaban J connectivity index is 2.61. The Labute approximate surface area is 92.7 Å². The van der Waals surface area contributed by atoms with Crippen molar-refractivity contribution in [1.82, 2.24) is 9.78 Å². The van der Waals surface area contributed by atoms with E-state index in [0.717, 1.165) is 5.69 Å². The molecule has 2 rings (SSSR count). The van der Waals surface area contributed by atoms with Crippen LogP contribution in [0.4, 0.5) is 11.6 Å². The van der Waals surface area contributed by atoms with Crippen molar-refractivity contribution >= 4 is 17.4 Å². The Morgan fingerprint density at radius 1 is 1.25 bits per heavy atom. The van der Waals surface area contributed by atoms with Gasteiger partial charge in [0.15, 0.2) is 11.6 Å². The first-order valence-electron chi connectivity index (χ1n) is 4.81. The summed E-state index contributed by atoms with van der Waals surface area (Å²) in [6.07, 6.45) is 0. The Morgan fingerprint density at radius 2 is 1.88 bits per heavy atom. The van der Waals surface area contributed by atoms with Crippen molar-refractivity contribution in [2.75, 3.05) is 11.5 Å². The van der Waals surface area contributed by atoms with Crippen molar-refractivity contribution in [3.8, 4) is 5.69 Å². The minimum Gasteiger partial charge on any atom is -0.383 e. The molecule has 2 aromatic rings. The van der Waals surface area contributed by atoms with E-state index >= 15 is 0 Å². The molecule has 82 valence electrons. The lowest BCUT2D eigenvalue weighted by atomic mass is 10.2. The molecule has 5 nitrogen and oxygen atoms in total. The van der Waals surface area contributed by atoms with E-state index in [9.17, 15) is 4.79 Å². The predicted molar refractivity (Wildman–Crippen MR) is 62.4 cm³/mol. The topological polar surface area (TPSA) is 86.9 Å². The molecule has 1 heterocycles. The summed E-state index contributed by atoms with van der Waals surface area (Å²) in [7, 11) is 0. The van der Waals surface area contributed by atoms with Gasteiger partial charge in [-0.25, -0.2) is 4.68 Å². The summed E-state index contributed by atoms with van der Waals surface area (Å²) in [5, 5.41) is 4.05. The highest BCUT2D eigenvalue weighted by Crippen LogP contribution is 2.22. The van der Waals surface area contributed by atoms with Gasteiger partial charge in [0.25, 0.3) is 0 Å². The van der Waals surface area contributed by atoms with E-state index in [0.29, 0.717) is 0 Å². The van der Waals surface area contributed by atoms with Crippen LogP contribution in [0.3, 0.4) is 0 Å². The fourth-order valence-corrected chi connectivity index (χ4v) is 1.58. The average molecular weight is 216 g/mol. The van der Waals surface area contributed by atoms with Crippen LogP contribution in [-0.2, 0) is 0 Å². The number of ketones is 1. The molecule has 0 aliphatic heterocycles. The number of rotatable bonds is 2. The van der Waals surface area contributed by atoms with Crippen molar-refractivity contribution < 1.29 is 4.79 Å². The highest BCUT2D eigenvalue weighted by atomic mass is 16.1. The number of benzene rings is 1. The number of hydrogen-bond donors (Lipinski definition) is 2. The molecule has 0 radical (unpaired) electrons. The molecule has 0 amide bonds. The Hall–Kier alpha value is -2.30. The van der Waals surface area contributed by atoms with Crippen molar-refractivity contribution in [3.05, 3.63) is 35.9 Å². The molecule has 0 saturated heterocycles. The number of para-hydroxylation sites is 1. The third kappa shape index (κ3) is 1.52. The molecular formula is C11H12N4O. The number of nitrogen functional groups attached to an aromatic ring is 2. The molecule has 0 fully saturated rings. The summed E-state index contributed by atoms with van der Waals surface area (Å²) in [5.41, 5.74) is 12.5. The fourth-order valence-electron chi connectivity index (χ4n) is 1.58. The predicted octanol–water partition coefficient (Wildman–Crippen LogP) is 1.24. The minimum atomic E-state index is -0.183. The molecule has 0 unspecified atom stereocenters. The summed E-state index contributed by atoms with van der Waals surface area (Å²) >= 11 is 0. The van der Waals surface area contributed by atoms with Gasteiger partial charge in [-0.05, 0) is 19.1 Å². The number of nitrogens with zero attached hydrogens (tertiary/aromatic N) is 2. The summed E-state index contributed by atoms with van der Waals surface area (Å²) in [5.74, 6) is 0.252. The van der Waals surface area contributed by atoms with Crippen LogP contribution in [0.5, 0.6) is 0 Å². The molecular weight excluding hydrogens is 204 g/mol. The van der Waals surface area contributed by atoms with Crippen LogP contribution >= 0.6 is 0 Å². The third-order valence-electron chi connectivity index (χ3n) is 2.30. The summed E-state index contributed by atoms with van der Waals surface area (Å²) in [6.45, 7) is 1.42. The number of nitrogens with two attached hydrogens (primary N) is 2. The lowest BCUT2D eigenvalue weighted by Gasteiger charge is -2.02. The van der Waals surface area contributed by atoms with Gasteiger partial charge in [-0.3, -0.25) is 4.79 Å². The maximum atomic E-state index is 11.3. The first-order valence-corrected chi connectivity index (χ1v) is 4.81. The smallest absolute Gasteiger partial charge is 0.167 e. The zero-order valence-electron chi connectivity index (χ0n) is 8.84. The first-order chi connectivity index (χ1) is 7.61. The van der Waals surface area contributed by atoms with E-state index in [1.54, 1.807) is 0 Å². The molecule has 1 aromatic heterocycles. The van der Waals surface area contributed by atoms with E-state index in [2.05, 4.69) is 5.10 Å². The number of Topliss-reactive ketones (excluding diaryl/α,β-unsaturated/α-hetero) is 1. The van der Waals surface area contributed by atoms with Gasteiger partial charge < -0.3 is 11.5 Å². The van der Waals surface area contributed by atoms with Gasteiger partial charge in [0, 0.05) is 0 Å². The maximum Gasteiger partial charge on any atom is 0.167 e. The first kappa shape index (κ1) is 10.2. The van der Waals surface area contributed by atoms with Gasteiger partial charge >= 0.3 is 0 Å². The second kappa shape index (κ2) is 3.69. The number of carbonyl (C=O) groups excluding carboxylic acids is 1. The standard InChI is InChI=1S/C11H12N4O/c1-7(16)9-10(12)14-15(11(9)13)8-5-3-2-4-6-8/h2-6H,13H2,1H3,(H2,12,14). The highest BCUT2D eigenvalue weighted by Gasteiger charge is 2.17. The molecule has 0 bridgehead atoms. The Bertz CT molecular complexity index is 530. The number of anilines is 2. The Kier molecular flexibility index (Phi) is 2.36. The van der Waals surface area contributed by atoms with E-state index in [-0.39, 0.29) is 23.0 Å². The Morgan fingerprint density at radius 3 is 2.38 bits per heavy atom. The van der Waals surface area contributed by atoms with E-state index < -0.39 is 0 Å². The summed E-state index contributed by atoms with van der Waals surface area (Å²) < 4.78 is 1.46. The fraction of sp³-hybridized carbons (Fsp3) is 0.0909.